The standard InChI is InChI=1S/C22H22N2O3.C21H20N2O4.2CH4/c1-14-10-18-19(12-21(14)27-9-5-6-15(2)25)23-13-17-11-16-7-3-4-8-20(16)24(17)22(18)26;1-13-9-16-17(11-19(13)27-8-4-7-20(24)25)22-12-15-10-14-5-2-3-6-18(14)23(15)21(16)26;;/h3-4,7-8,10,12-13,17H,5-6,9,11H2,1-2H3;2-3,5-6,9,11-12,15H,4,7-8,10H2,1H3,(H,24,25);2*1H4/t17-;15-;;/m00../s1. The molecule has 0 unspecified atom stereocenters. The number of aliphatic imine (C=N–C) groups is 2. The summed E-state index contributed by atoms with van der Waals surface area (Å²) in [4.78, 5) is 61.0. The van der Waals surface area contributed by atoms with Crippen LogP contribution in [0.25, 0.3) is 0 Å². The van der Waals surface area contributed by atoms with Crippen LogP contribution in [0.1, 0.15) is 90.4 Å². The quantitative estimate of drug-likeness (QED) is 0.160. The smallest absolute Gasteiger partial charge is 0.303 e. The second-order valence-electron chi connectivity index (χ2n) is 14.0. The van der Waals surface area contributed by atoms with Crippen molar-refractivity contribution in [3.63, 3.8) is 0 Å². The number of Topliss-reactive ketones (excluding diaryl/α,β-unsaturated/α-hetero) is 1. The molecule has 1 N–H and O–H groups in total. The van der Waals surface area contributed by atoms with Crippen LogP contribution >= 0.6 is 0 Å². The van der Waals surface area contributed by atoms with E-state index in [-0.39, 0.29) is 51.0 Å². The number of ether oxygens (including phenoxy) is 2. The number of carboxylic acid groups (broad SMARTS) is 1. The molecule has 56 heavy (non-hydrogen) atoms. The van der Waals surface area contributed by atoms with Gasteiger partial charge in [0, 0.05) is 61.6 Å². The number of hydrogen-bond donors (Lipinski definition) is 1. The molecular formula is C45H50N4O7. The third kappa shape index (κ3) is 8.41. The van der Waals surface area contributed by atoms with Gasteiger partial charge in [-0.2, -0.15) is 0 Å². The van der Waals surface area contributed by atoms with Gasteiger partial charge in [0.2, 0.25) is 0 Å². The minimum atomic E-state index is -0.840. The number of rotatable bonds is 10. The first-order valence-electron chi connectivity index (χ1n) is 18.3. The normalized spacial score (nSPS) is 16.6. The van der Waals surface area contributed by atoms with Crippen LogP contribution in [0, 0.1) is 13.8 Å². The van der Waals surface area contributed by atoms with Crippen molar-refractivity contribution in [3.8, 4) is 11.5 Å². The molecule has 4 aliphatic heterocycles. The van der Waals surface area contributed by atoms with Crippen molar-refractivity contribution in [1.29, 1.82) is 0 Å². The number of carbonyl (C=O) groups is 4. The number of fused-ring (bicyclic) bond motifs is 8. The van der Waals surface area contributed by atoms with Gasteiger partial charge < -0.3 is 19.4 Å². The number of ketones is 1. The van der Waals surface area contributed by atoms with Gasteiger partial charge in [0.25, 0.3) is 11.8 Å². The van der Waals surface area contributed by atoms with Gasteiger partial charge >= 0.3 is 5.97 Å². The number of anilines is 2. The first-order chi connectivity index (χ1) is 26.1. The first kappa shape index (κ1) is 41.1. The molecule has 8 rings (SSSR count). The summed E-state index contributed by atoms with van der Waals surface area (Å²) in [6, 6.07) is 23.1. The lowest BCUT2D eigenvalue weighted by Gasteiger charge is -2.21. The van der Waals surface area contributed by atoms with Gasteiger partial charge in [-0.05, 0) is 80.1 Å². The zero-order chi connectivity index (χ0) is 37.9. The number of nitrogens with zero attached hydrogens (tertiary/aromatic N) is 4. The number of amides is 2. The second kappa shape index (κ2) is 17.6. The summed E-state index contributed by atoms with van der Waals surface area (Å²) in [7, 11) is 0. The van der Waals surface area contributed by atoms with Crippen LogP contribution in [0.3, 0.4) is 0 Å². The molecule has 0 aliphatic carbocycles. The SMILES string of the molecule is C.C.CC(=O)CCCOc1cc2c(cc1C)C(=O)N1c3ccccc3C[C@H]1C=N2.Cc1cc2c(cc1OCCCC(=O)O)N=C[C@@H]1Cc3ccccc3N1C2=O. The third-order valence-electron chi connectivity index (χ3n) is 10.0. The Morgan fingerprint density at radius 2 is 1.12 bits per heavy atom. The maximum Gasteiger partial charge on any atom is 0.303 e. The Morgan fingerprint density at radius 3 is 1.55 bits per heavy atom. The maximum absolute atomic E-state index is 13.2. The number of carboxylic acids is 1. The number of aliphatic carboxylic acids is 1. The average Bonchev–Trinajstić information content (AvgIpc) is 3.64. The lowest BCUT2D eigenvalue weighted by atomic mass is 10.1. The van der Waals surface area contributed by atoms with Crippen LogP contribution in [-0.2, 0) is 22.4 Å². The van der Waals surface area contributed by atoms with Gasteiger partial charge in [-0.25, -0.2) is 0 Å². The average molecular weight is 759 g/mol. The van der Waals surface area contributed by atoms with E-state index in [1.807, 2.05) is 96.7 Å². The summed E-state index contributed by atoms with van der Waals surface area (Å²) < 4.78 is 11.5. The molecule has 11 heteroatoms. The van der Waals surface area contributed by atoms with E-state index in [0.29, 0.717) is 66.5 Å². The lowest BCUT2D eigenvalue weighted by molar-refractivity contribution is -0.137. The van der Waals surface area contributed by atoms with Crippen molar-refractivity contribution in [1.82, 2.24) is 0 Å². The largest absolute Gasteiger partial charge is 0.493 e. The van der Waals surface area contributed by atoms with Crippen molar-refractivity contribution in [2.45, 2.75) is 86.2 Å². The Balaban J connectivity index is 0.000000207. The van der Waals surface area contributed by atoms with Gasteiger partial charge in [0.1, 0.15) is 17.3 Å². The highest BCUT2D eigenvalue weighted by Crippen LogP contribution is 2.40. The van der Waals surface area contributed by atoms with Crippen LogP contribution in [0.2, 0.25) is 0 Å². The molecule has 292 valence electrons. The van der Waals surface area contributed by atoms with Crippen LogP contribution in [0.4, 0.5) is 22.7 Å². The Bertz CT molecular complexity index is 2060. The van der Waals surface area contributed by atoms with Crippen LogP contribution in [0.5, 0.6) is 11.5 Å². The van der Waals surface area contributed by atoms with E-state index in [2.05, 4.69) is 16.1 Å². The Hall–Kier alpha value is -6.10. The fourth-order valence-corrected chi connectivity index (χ4v) is 7.31. The highest BCUT2D eigenvalue weighted by Gasteiger charge is 2.37. The Labute approximate surface area is 328 Å². The molecule has 2 atom stereocenters. The molecule has 0 saturated heterocycles. The predicted molar refractivity (Wildman–Crippen MR) is 221 cm³/mol. The lowest BCUT2D eigenvalue weighted by Crippen LogP contribution is -2.37. The van der Waals surface area contributed by atoms with Gasteiger partial charge in [0.15, 0.2) is 0 Å². The summed E-state index contributed by atoms with van der Waals surface area (Å²) in [6.45, 7) is 6.17. The monoisotopic (exact) mass is 758 g/mol. The number of aryl methyl sites for hydroxylation is 2. The van der Waals surface area contributed by atoms with Gasteiger partial charge in [-0.15, -0.1) is 0 Å². The number of benzene rings is 4. The number of carbonyl (C=O) groups excluding carboxylic acids is 3. The maximum atomic E-state index is 13.2. The Morgan fingerprint density at radius 1 is 0.696 bits per heavy atom. The molecule has 0 saturated carbocycles. The molecule has 0 spiro atoms. The third-order valence-corrected chi connectivity index (χ3v) is 10.0. The van der Waals surface area contributed by atoms with Crippen LogP contribution < -0.4 is 19.3 Å². The molecule has 0 fully saturated rings. The minimum Gasteiger partial charge on any atom is -0.493 e. The number of para-hydroxylation sites is 2. The Kier molecular flexibility index (Phi) is 12.9. The minimum absolute atomic E-state index is 0. The summed E-state index contributed by atoms with van der Waals surface area (Å²) >= 11 is 0. The summed E-state index contributed by atoms with van der Waals surface area (Å²) in [5.41, 5.74) is 8.34. The first-order valence-corrected chi connectivity index (χ1v) is 18.3. The van der Waals surface area contributed by atoms with Crippen molar-refractivity contribution < 1.29 is 33.8 Å². The fourth-order valence-electron chi connectivity index (χ4n) is 7.31. The molecule has 4 heterocycles. The molecule has 11 nitrogen and oxygen atoms in total. The van der Waals surface area contributed by atoms with Crippen LogP contribution in [-0.4, -0.2) is 66.4 Å². The second-order valence-corrected chi connectivity index (χ2v) is 14.0. The summed E-state index contributed by atoms with van der Waals surface area (Å²) in [5, 5.41) is 8.72. The molecule has 4 aromatic carbocycles. The van der Waals surface area contributed by atoms with E-state index >= 15 is 0 Å². The number of hydrogen-bond acceptors (Lipinski definition) is 8. The van der Waals surface area contributed by atoms with E-state index < -0.39 is 5.97 Å². The molecule has 0 aromatic heterocycles. The summed E-state index contributed by atoms with van der Waals surface area (Å²) in [5.74, 6) is 0.583. The van der Waals surface area contributed by atoms with E-state index in [1.54, 1.807) is 13.0 Å². The van der Waals surface area contributed by atoms with E-state index in [0.717, 1.165) is 40.9 Å². The van der Waals surface area contributed by atoms with Gasteiger partial charge in [0.05, 0.1) is 47.8 Å². The van der Waals surface area contributed by atoms with Crippen molar-refractivity contribution >= 4 is 58.7 Å². The summed E-state index contributed by atoms with van der Waals surface area (Å²) in [6.07, 6.45) is 6.92. The molecule has 4 aromatic rings. The van der Waals surface area contributed by atoms with Crippen LogP contribution in [0.15, 0.2) is 82.8 Å². The van der Waals surface area contributed by atoms with E-state index in [9.17, 15) is 19.2 Å². The molecule has 0 radical (unpaired) electrons. The van der Waals surface area contributed by atoms with Crippen molar-refractivity contribution in [2.75, 3.05) is 23.0 Å². The van der Waals surface area contributed by atoms with Gasteiger partial charge in [-0.3, -0.25) is 34.2 Å². The zero-order valence-electron chi connectivity index (χ0n) is 30.6. The topological polar surface area (TPSA) is 138 Å². The van der Waals surface area contributed by atoms with Gasteiger partial charge in [-0.1, -0.05) is 51.3 Å². The molecule has 4 aliphatic rings. The predicted octanol–water partition coefficient (Wildman–Crippen LogP) is 8.83. The molecular weight excluding hydrogens is 709 g/mol. The van der Waals surface area contributed by atoms with Crippen molar-refractivity contribution in [3.05, 3.63) is 106 Å². The molecule has 2 amide bonds. The highest BCUT2D eigenvalue weighted by molar-refractivity contribution is 6.15. The zero-order valence-corrected chi connectivity index (χ0v) is 30.6. The van der Waals surface area contributed by atoms with E-state index in [1.165, 1.54) is 5.56 Å². The fraction of sp³-hybridized carbons (Fsp3) is 0.333. The van der Waals surface area contributed by atoms with Crippen molar-refractivity contribution in [2.24, 2.45) is 9.98 Å². The molecule has 0 bridgehead atoms. The van der Waals surface area contributed by atoms with E-state index in [4.69, 9.17) is 14.6 Å². The highest BCUT2D eigenvalue weighted by atomic mass is 16.5.